The van der Waals surface area contributed by atoms with Gasteiger partial charge in [-0.15, -0.1) is 0 Å². The van der Waals surface area contributed by atoms with E-state index in [-0.39, 0.29) is 35.2 Å². The number of ether oxygens (including phenoxy) is 3. The van der Waals surface area contributed by atoms with Gasteiger partial charge in [0, 0.05) is 57.1 Å². The van der Waals surface area contributed by atoms with Gasteiger partial charge in [0.05, 0.1) is 17.9 Å². The molecule has 2 rings (SSSR count). The number of alkyl carbamates (subject to hydrolysis) is 1. The van der Waals surface area contributed by atoms with Crippen LogP contribution in [0.3, 0.4) is 0 Å². The van der Waals surface area contributed by atoms with Gasteiger partial charge in [0.2, 0.25) is 0 Å². The molecule has 12 heteroatoms. The van der Waals surface area contributed by atoms with Crippen LogP contribution in [0.15, 0.2) is 46.5 Å². The highest BCUT2D eigenvalue weighted by molar-refractivity contribution is 6.04. The Kier molecular flexibility index (Phi) is 14.7. The summed E-state index contributed by atoms with van der Waals surface area (Å²) in [6, 6.07) is 1.27. The van der Waals surface area contributed by atoms with Gasteiger partial charge in [-0.3, -0.25) is 9.79 Å². The highest BCUT2D eigenvalue weighted by atomic mass is 16.6. The van der Waals surface area contributed by atoms with Gasteiger partial charge in [0.1, 0.15) is 23.3 Å². The third-order valence-electron chi connectivity index (χ3n) is 7.66. The number of aliphatic hydroxyl groups is 1. The van der Waals surface area contributed by atoms with E-state index in [9.17, 15) is 24.9 Å². The van der Waals surface area contributed by atoms with Crippen molar-refractivity contribution < 1.29 is 39.1 Å². The third kappa shape index (κ3) is 10.7. The number of amides is 2. The summed E-state index contributed by atoms with van der Waals surface area (Å²) in [4.78, 5) is 31.7. The maximum absolute atomic E-state index is 13.1. The first-order valence-electron chi connectivity index (χ1n) is 15.0. The van der Waals surface area contributed by atoms with E-state index >= 15 is 0 Å². The van der Waals surface area contributed by atoms with Crippen LogP contribution in [-0.4, -0.2) is 105 Å². The molecule has 0 fully saturated rings. The van der Waals surface area contributed by atoms with E-state index in [1.54, 1.807) is 38.3 Å². The van der Waals surface area contributed by atoms with Crippen molar-refractivity contribution in [1.29, 1.82) is 0 Å². The predicted molar refractivity (Wildman–Crippen MR) is 175 cm³/mol. The van der Waals surface area contributed by atoms with Gasteiger partial charge in [-0.05, 0) is 52.3 Å². The smallest absolute Gasteiger partial charge is 0.407 e. The molecule has 0 saturated carbocycles. The Morgan fingerprint density at radius 1 is 1.20 bits per heavy atom. The van der Waals surface area contributed by atoms with Crippen LogP contribution in [-0.2, 0) is 25.4 Å². The molecular formula is C33H50N4O8. The van der Waals surface area contributed by atoms with Gasteiger partial charge in [-0.25, -0.2) is 4.79 Å². The molecule has 0 aliphatic carbocycles. The lowest BCUT2D eigenvalue weighted by Crippen LogP contribution is -2.37. The van der Waals surface area contributed by atoms with Crippen LogP contribution in [0.5, 0.6) is 11.5 Å². The molecule has 0 unspecified atom stereocenters. The van der Waals surface area contributed by atoms with Crippen molar-refractivity contribution in [3.8, 4) is 11.5 Å². The number of aliphatic hydroxyl groups excluding tert-OH is 1. The zero-order chi connectivity index (χ0) is 33.8. The Balaban J connectivity index is 2.69. The molecule has 6 atom stereocenters. The first-order valence-corrected chi connectivity index (χ1v) is 15.0. The molecule has 12 nitrogen and oxygen atoms in total. The third-order valence-corrected chi connectivity index (χ3v) is 7.66. The summed E-state index contributed by atoms with van der Waals surface area (Å²) in [5, 5.41) is 38.8. The minimum atomic E-state index is -0.928. The molecule has 5 N–H and O–H groups in total. The average molecular weight is 631 g/mol. The van der Waals surface area contributed by atoms with Crippen LogP contribution in [0.4, 0.5) is 16.2 Å². The fourth-order valence-corrected chi connectivity index (χ4v) is 5.08. The van der Waals surface area contributed by atoms with Gasteiger partial charge >= 0.3 is 6.09 Å². The number of phenols is 2. The number of hydrogen-bond donors (Lipinski definition) is 5. The van der Waals surface area contributed by atoms with E-state index in [4.69, 9.17) is 14.2 Å². The summed E-state index contributed by atoms with van der Waals surface area (Å²) in [5.41, 5.74) is 1.55. The van der Waals surface area contributed by atoms with E-state index in [2.05, 4.69) is 15.6 Å². The number of phenolic OH excluding ortho intramolecular Hbond substituents is 2. The quantitative estimate of drug-likeness (QED) is 0.135. The van der Waals surface area contributed by atoms with Crippen molar-refractivity contribution in [2.75, 3.05) is 47.2 Å². The molecule has 1 aromatic rings. The fourth-order valence-electron chi connectivity index (χ4n) is 5.08. The molecule has 0 aromatic heterocycles. The SMILES string of the molecule is CNC(=O)O[C@H]1/C(C)=C/[C@H](C)[C@@H](O)[C@@H](OC)C[C@H](C)Cc2c(O)c(cc(O)c2N=CCN(C)C)NC(=O)/C(C)=C/C=C[C@@H]1OC. The lowest BCUT2D eigenvalue weighted by Gasteiger charge is -2.29. The van der Waals surface area contributed by atoms with Crippen molar-refractivity contribution in [2.45, 2.75) is 65.0 Å². The summed E-state index contributed by atoms with van der Waals surface area (Å²) in [7, 11) is 8.22. The number of allylic oxidation sites excluding steroid dienone is 2. The highest BCUT2D eigenvalue weighted by Gasteiger charge is 2.30. The summed E-state index contributed by atoms with van der Waals surface area (Å²) < 4.78 is 17.0. The van der Waals surface area contributed by atoms with E-state index in [0.29, 0.717) is 29.7 Å². The Labute approximate surface area is 266 Å². The molecule has 0 radical (unpaired) electrons. The minimum Gasteiger partial charge on any atom is -0.506 e. The van der Waals surface area contributed by atoms with Crippen LogP contribution >= 0.6 is 0 Å². The largest absolute Gasteiger partial charge is 0.506 e. The average Bonchev–Trinajstić information content (AvgIpc) is 2.99. The molecule has 2 amide bonds. The predicted octanol–water partition coefficient (Wildman–Crippen LogP) is 4.08. The number of nitrogens with zero attached hydrogens (tertiary/aromatic N) is 2. The topological polar surface area (TPSA) is 162 Å². The van der Waals surface area contributed by atoms with Gasteiger partial charge in [-0.2, -0.15) is 0 Å². The van der Waals surface area contributed by atoms with Crippen molar-refractivity contribution >= 4 is 29.6 Å². The number of aromatic hydroxyl groups is 2. The summed E-state index contributed by atoms with van der Waals surface area (Å²) in [5.74, 6) is -1.47. The van der Waals surface area contributed by atoms with Gasteiger partial charge < -0.3 is 45.1 Å². The molecule has 1 aliphatic rings. The fraction of sp³-hybridized carbons (Fsp3) is 0.545. The molecule has 250 valence electrons. The van der Waals surface area contributed by atoms with E-state index < -0.39 is 42.3 Å². The summed E-state index contributed by atoms with van der Waals surface area (Å²) in [6.45, 7) is 7.68. The molecule has 1 heterocycles. The lowest BCUT2D eigenvalue weighted by molar-refractivity contribution is -0.112. The maximum atomic E-state index is 13.1. The Morgan fingerprint density at radius 3 is 2.49 bits per heavy atom. The number of carbonyl (C=O) groups is 2. The Hall–Kier alpha value is -3.71. The molecule has 45 heavy (non-hydrogen) atoms. The number of methoxy groups -OCH3 is 2. The molecular weight excluding hydrogens is 580 g/mol. The second-order valence-electron chi connectivity index (χ2n) is 11.7. The van der Waals surface area contributed by atoms with Crippen LogP contribution in [0.2, 0.25) is 0 Å². The first-order chi connectivity index (χ1) is 21.2. The molecule has 1 aromatic carbocycles. The number of fused-ring (bicyclic) bond motifs is 2. The second kappa shape index (κ2) is 17.7. The van der Waals surface area contributed by atoms with E-state index in [1.165, 1.54) is 27.3 Å². The Bertz CT molecular complexity index is 1290. The lowest BCUT2D eigenvalue weighted by atomic mass is 9.87. The van der Waals surface area contributed by atoms with Crippen LogP contribution in [0.25, 0.3) is 0 Å². The summed E-state index contributed by atoms with van der Waals surface area (Å²) in [6.07, 6.45) is 5.20. The normalized spacial score (nSPS) is 27.8. The first kappa shape index (κ1) is 37.5. The van der Waals surface area contributed by atoms with Gasteiger partial charge in [0.25, 0.3) is 5.91 Å². The maximum Gasteiger partial charge on any atom is 0.407 e. The molecule has 1 aliphatic heterocycles. The Morgan fingerprint density at radius 2 is 1.89 bits per heavy atom. The second-order valence-corrected chi connectivity index (χ2v) is 11.7. The van der Waals surface area contributed by atoms with Gasteiger partial charge in [0.15, 0.2) is 6.10 Å². The van der Waals surface area contributed by atoms with Crippen molar-refractivity contribution in [2.24, 2.45) is 16.8 Å². The standard InChI is InChI=1S/C33H50N4O8/c1-19-15-23-28(35-13-14-37(6)7)25(38)18-24(30(23)40)36-32(41)20(2)11-10-12-26(43-8)31(45-33(42)34-5)22(4)17-21(3)29(39)27(16-19)44-9/h10-13,17-19,21,26-27,29,31,38-40H,14-16H2,1-9H3,(H,34,42)(H,36,41)/b12-10?,20-11+,22-17+,35-13?/t19-,21+,26+,27+,29-,31+/m1/s1. The number of hydrogen-bond acceptors (Lipinski definition) is 10. The van der Waals surface area contributed by atoms with E-state index in [1.807, 2.05) is 38.9 Å². The highest BCUT2D eigenvalue weighted by Crippen LogP contribution is 2.44. The van der Waals surface area contributed by atoms with Crippen LogP contribution < -0.4 is 10.6 Å². The number of carbonyl (C=O) groups excluding carboxylic acids is 2. The molecule has 0 saturated heterocycles. The van der Waals surface area contributed by atoms with Gasteiger partial charge in [-0.1, -0.05) is 38.2 Å². The van der Waals surface area contributed by atoms with E-state index in [0.717, 1.165) is 0 Å². The number of nitrogens with one attached hydrogen (secondary N) is 2. The number of anilines is 1. The number of rotatable bonds is 6. The summed E-state index contributed by atoms with van der Waals surface area (Å²) >= 11 is 0. The minimum absolute atomic E-state index is 0.0338. The van der Waals surface area contributed by atoms with Crippen molar-refractivity contribution in [3.05, 3.63) is 47.1 Å². The van der Waals surface area contributed by atoms with Crippen LogP contribution in [0, 0.1) is 11.8 Å². The molecule has 0 spiro atoms. The van der Waals surface area contributed by atoms with Crippen molar-refractivity contribution in [1.82, 2.24) is 10.2 Å². The van der Waals surface area contributed by atoms with Crippen molar-refractivity contribution in [3.63, 3.8) is 0 Å². The zero-order valence-electron chi connectivity index (χ0n) is 27.8. The zero-order valence-corrected chi connectivity index (χ0v) is 27.8. The van der Waals surface area contributed by atoms with Crippen LogP contribution in [0.1, 0.15) is 39.7 Å². The number of aliphatic imine (C=N–C) groups is 1. The monoisotopic (exact) mass is 630 g/mol. The number of benzene rings is 1. The molecule has 2 bridgehead atoms.